The number of hydrogen-bond donors (Lipinski definition) is 1. The lowest BCUT2D eigenvalue weighted by molar-refractivity contribution is -0.128. The van der Waals surface area contributed by atoms with Crippen LogP contribution in [0.15, 0.2) is 24.3 Å². The predicted molar refractivity (Wildman–Crippen MR) is 111 cm³/mol. The van der Waals surface area contributed by atoms with Crippen molar-refractivity contribution in [1.82, 2.24) is 4.90 Å². The first-order chi connectivity index (χ1) is 13.9. The maximum Gasteiger partial charge on any atom is 0.250 e. The second-order valence-corrected chi connectivity index (χ2v) is 10.3. The summed E-state index contributed by atoms with van der Waals surface area (Å²) in [6.07, 6.45) is 8.97. The fraction of sp³-hybridized carbons (Fsp3) is 0.524. The molecular weight excluding hydrogens is 390 g/mol. The van der Waals surface area contributed by atoms with E-state index < -0.39 is 15.4 Å². The van der Waals surface area contributed by atoms with Gasteiger partial charge in [0, 0.05) is 6.04 Å². The van der Waals surface area contributed by atoms with Gasteiger partial charge in [0.1, 0.15) is 5.54 Å². The third-order valence-corrected chi connectivity index (χ3v) is 8.03. The van der Waals surface area contributed by atoms with Crippen LogP contribution in [-0.4, -0.2) is 61.3 Å². The lowest BCUT2D eigenvalue weighted by atomic mass is 9.89. The van der Waals surface area contributed by atoms with Gasteiger partial charge in [0.2, 0.25) is 5.91 Å². The fourth-order valence-corrected chi connectivity index (χ4v) is 6.63. The van der Waals surface area contributed by atoms with E-state index in [-0.39, 0.29) is 42.5 Å². The smallest absolute Gasteiger partial charge is 0.250 e. The zero-order chi connectivity index (χ0) is 20.6. The number of benzene rings is 1. The second kappa shape index (κ2) is 7.47. The average molecular weight is 416 g/mol. The van der Waals surface area contributed by atoms with Gasteiger partial charge >= 0.3 is 0 Å². The lowest BCUT2D eigenvalue weighted by Gasteiger charge is -2.45. The molecule has 0 radical (unpaired) electrons. The number of anilines is 2. The van der Waals surface area contributed by atoms with Crippen molar-refractivity contribution >= 4 is 33.0 Å². The Morgan fingerprint density at radius 2 is 2.03 bits per heavy atom. The summed E-state index contributed by atoms with van der Waals surface area (Å²) in [5.41, 5.74) is 0.434. The van der Waals surface area contributed by atoms with E-state index in [2.05, 4.69) is 11.2 Å². The highest BCUT2D eigenvalue weighted by molar-refractivity contribution is 7.91. The van der Waals surface area contributed by atoms with Gasteiger partial charge in [-0.1, -0.05) is 30.9 Å². The molecule has 1 N–H and O–H groups in total. The molecule has 2 aliphatic heterocycles. The summed E-state index contributed by atoms with van der Waals surface area (Å²) in [5.74, 6) is 2.33. The quantitative estimate of drug-likeness (QED) is 0.752. The van der Waals surface area contributed by atoms with E-state index >= 15 is 0 Å². The summed E-state index contributed by atoms with van der Waals surface area (Å²) in [5, 5.41) is 2.96. The molecule has 1 unspecified atom stereocenters. The minimum absolute atomic E-state index is 0.00620. The Hall–Kier alpha value is -2.37. The molecule has 8 heteroatoms. The second-order valence-electron chi connectivity index (χ2n) is 8.11. The Bertz CT molecular complexity index is 976. The molecule has 1 spiro atoms. The number of fused-ring (bicyclic) bond motifs is 1. The molecule has 7 nitrogen and oxygen atoms in total. The summed E-state index contributed by atoms with van der Waals surface area (Å²) >= 11 is 0. The van der Waals surface area contributed by atoms with Crippen LogP contribution >= 0.6 is 0 Å². The largest absolute Gasteiger partial charge is 0.322 e. The maximum atomic E-state index is 13.6. The van der Waals surface area contributed by atoms with Gasteiger partial charge in [-0.25, -0.2) is 8.42 Å². The summed E-state index contributed by atoms with van der Waals surface area (Å²) in [4.78, 5) is 30.0. The molecule has 29 heavy (non-hydrogen) atoms. The van der Waals surface area contributed by atoms with E-state index in [1.165, 1.54) is 0 Å². The number of terminal acetylenes is 1. The molecule has 2 fully saturated rings. The molecule has 1 aliphatic carbocycles. The van der Waals surface area contributed by atoms with Crippen molar-refractivity contribution in [1.29, 1.82) is 0 Å². The third kappa shape index (κ3) is 3.53. The van der Waals surface area contributed by atoms with E-state index in [1.807, 2.05) is 18.2 Å². The molecule has 0 bridgehead atoms. The van der Waals surface area contributed by atoms with Crippen LogP contribution in [0.2, 0.25) is 0 Å². The molecule has 154 valence electrons. The van der Waals surface area contributed by atoms with Crippen molar-refractivity contribution < 1.29 is 18.0 Å². The number of para-hydroxylation sites is 2. The maximum absolute atomic E-state index is 13.6. The molecule has 4 rings (SSSR count). The summed E-state index contributed by atoms with van der Waals surface area (Å²) in [6, 6.07) is 7.04. The Morgan fingerprint density at radius 3 is 2.69 bits per heavy atom. The van der Waals surface area contributed by atoms with Crippen LogP contribution in [-0.2, 0) is 19.4 Å². The highest BCUT2D eigenvalue weighted by atomic mass is 32.2. The van der Waals surface area contributed by atoms with Crippen LogP contribution in [0.5, 0.6) is 0 Å². The van der Waals surface area contributed by atoms with Crippen molar-refractivity contribution in [2.45, 2.75) is 43.7 Å². The number of rotatable bonds is 4. The molecule has 1 atom stereocenters. The molecule has 3 aliphatic rings. The number of carbonyl (C=O) groups excluding carboxylic acids is 2. The van der Waals surface area contributed by atoms with Crippen LogP contribution in [0.1, 0.15) is 32.1 Å². The lowest BCUT2D eigenvalue weighted by Crippen LogP contribution is -2.62. The van der Waals surface area contributed by atoms with Gasteiger partial charge in [-0.2, -0.15) is 0 Å². The molecule has 1 saturated heterocycles. The summed E-state index contributed by atoms with van der Waals surface area (Å²) in [6.45, 7) is 0.189. The van der Waals surface area contributed by atoms with Crippen molar-refractivity contribution in [2.24, 2.45) is 0 Å². The molecular formula is C21H25N3O4S. The minimum Gasteiger partial charge on any atom is -0.322 e. The number of sulfone groups is 1. The molecule has 2 amide bonds. The van der Waals surface area contributed by atoms with Crippen molar-refractivity contribution in [3.63, 3.8) is 0 Å². The molecule has 2 heterocycles. The van der Waals surface area contributed by atoms with Crippen molar-refractivity contribution in [2.75, 3.05) is 34.8 Å². The zero-order valence-corrected chi connectivity index (χ0v) is 17.1. The summed E-state index contributed by atoms with van der Waals surface area (Å²) in [7, 11) is -3.10. The fourth-order valence-electron chi connectivity index (χ4n) is 4.87. The minimum atomic E-state index is -3.10. The Balaban J connectivity index is 1.66. The van der Waals surface area contributed by atoms with Gasteiger partial charge in [-0.3, -0.25) is 19.4 Å². The van der Waals surface area contributed by atoms with Crippen LogP contribution in [0.3, 0.4) is 0 Å². The molecule has 0 aromatic heterocycles. The highest BCUT2D eigenvalue weighted by Crippen LogP contribution is 2.45. The zero-order valence-electron chi connectivity index (χ0n) is 16.3. The van der Waals surface area contributed by atoms with E-state index in [0.717, 1.165) is 12.8 Å². The highest BCUT2D eigenvalue weighted by Gasteiger charge is 2.52. The first kappa shape index (κ1) is 19.9. The van der Waals surface area contributed by atoms with Gasteiger partial charge < -0.3 is 5.32 Å². The number of nitrogens with one attached hydrogen (secondary N) is 1. The average Bonchev–Trinajstić information content (AvgIpc) is 3.30. The van der Waals surface area contributed by atoms with Crippen molar-refractivity contribution in [3.8, 4) is 12.3 Å². The predicted octanol–water partition coefficient (Wildman–Crippen LogP) is 1.41. The first-order valence-electron chi connectivity index (χ1n) is 9.98. The van der Waals surface area contributed by atoms with Gasteiger partial charge in [-0.15, -0.1) is 6.42 Å². The first-order valence-corrected chi connectivity index (χ1v) is 11.8. The SMILES string of the molecule is C#CCN(CC(=O)N1c2ccccc2NC(=O)C12CCCC2)C1CCS(=O)(=O)C1. The van der Waals surface area contributed by atoms with E-state index in [0.29, 0.717) is 30.6 Å². The number of amides is 2. The third-order valence-electron chi connectivity index (χ3n) is 6.28. The summed E-state index contributed by atoms with van der Waals surface area (Å²) < 4.78 is 23.8. The normalized spacial score (nSPS) is 24.3. The number of nitrogens with zero attached hydrogens (tertiary/aromatic N) is 2. The van der Waals surface area contributed by atoms with Gasteiger partial charge in [-0.05, 0) is 31.4 Å². The Labute approximate surface area is 171 Å². The van der Waals surface area contributed by atoms with E-state index in [4.69, 9.17) is 6.42 Å². The number of hydrogen-bond acceptors (Lipinski definition) is 5. The molecule has 1 saturated carbocycles. The standard InChI is InChI=1S/C21H25N3O4S/c1-2-12-23(16-9-13-29(27,28)15-16)14-19(25)24-18-8-4-3-7-17(18)22-20(26)21(24)10-5-6-11-21/h1,3-4,7-8,16H,5-6,9-15H2,(H,22,26). The van der Waals surface area contributed by atoms with Crippen LogP contribution in [0, 0.1) is 12.3 Å². The number of carbonyl (C=O) groups is 2. The van der Waals surface area contributed by atoms with E-state index in [1.54, 1.807) is 15.9 Å². The van der Waals surface area contributed by atoms with Gasteiger partial charge in [0.05, 0.1) is 36.0 Å². The molecule has 1 aromatic carbocycles. The molecule has 1 aromatic rings. The van der Waals surface area contributed by atoms with Crippen LogP contribution in [0.25, 0.3) is 0 Å². The van der Waals surface area contributed by atoms with Crippen molar-refractivity contribution in [3.05, 3.63) is 24.3 Å². The Morgan fingerprint density at radius 1 is 1.31 bits per heavy atom. The topological polar surface area (TPSA) is 86.8 Å². The van der Waals surface area contributed by atoms with Gasteiger partial charge in [0.25, 0.3) is 5.91 Å². The van der Waals surface area contributed by atoms with Crippen LogP contribution < -0.4 is 10.2 Å². The van der Waals surface area contributed by atoms with E-state index in [9.17, 15) is 18.0 Å². The van der Waals surface area contributed by atoms with Crippen LogP contribution in [0.4, 0.5) is 11.4 Å². The Kier molecular flexibility index (Phi) is 5.13. The monoisotopic (exact) mass is 415 g/mol. The van der Waals surface area contributed by atoms with Gasteiger partial charge in [0.15, 0.2) is 9.84 Å².